The van der Waals surface area contributed by atoms with Gasteiger partial charge >= 0.3 is 0 Å². The molecule has 1 aromatic heterocycles. The third-order valence-corrected chi connectivity index (χ3v) is 4.18. The Balaban J connectivity index is 3.14. The van der Waals surface area contributed by atoms with Crippen LogP contribution in [0.4, 0.5) is 5.69 Å². The van der Waals surface area contributed by atoms with Gasteiger partial charge in [-0.2, -0.15) is 4.31 Å². The van der Waals surface area contributed by atoms with E-state index in [9.17, 15) is 13.5 Å². The molecule has 0 saturated carbocycles. The van der Waals surface area contributed by atoms with Gasteiger partial charge in [0.2, 0.25) is 10.0 Å². The average molecular weight is 273 g/mol. The number of nitrogens with zero attached hydrogens (tertiary/aromatic N) is 2. The van der Waals surface area contributed by atoms with Crippen LogP contribution in [-0.4, -0.2) is 49.1 Å². The maximum Gasteiger partial charge on any atom is 0.246 e. The number of anilines is 1. The topological polar surface area (TPSA) is 82.5 Å². The molecule has 0 bridgehead atoms. The number of aliphatic hydroxyl groups is 1. The van der Waals surface area contributed by atoms with E-state index in [1.807, 2.05) is 0 Å². The summed E-state index contributed by atoms with van der Waals surface area (Å²) >= 11 is 0. The van der Waals surface area contributed by atoms with E-state index in [1.165, 1.54) is 19.4 Å². The quantitative estimate of drug-likeness (QED) is 0.817. The molecule has 1 rings (SSSR count). The minimum Gasteiger partial charge on any atom is -0.389 e. The lowest BCUT2D eigenvalue weighted by atomic mass is 10.1. The van der Waals surface area contributed by atoms with Crippen LogP contribution >= 0.6 is 0 Å². The maximum absolute atomic E-state index is 12.3. The molecule has 2 N–H and O–H groups in total. The Morgan fingerprint density at radius 1 is 1.50 bits per heavy atom. The van der Waals surface area contributed by atoms with Gasteiger partial charge in [-0.3, -0.25) is 4.98 Å². The number of hydrogen-bond donors (Lipinski definition) is 2. The van der Waals surface area contributed by atoms with Crippen molar-refractivity contribution in [3.63, 3.8) is 0 Å². The molecule has 6 nitrogen and oxygen atoms in total. The summed E-state index contributed by atoms with van der Waals surface area (Å²) < 4.78 is 25.8. The summed E-state index contributed by atoms with van der Waals surface area (Å²) in [5, 5.41) is 12.5. The molecule has 0 saturated heterocycles. The summed E-state index contributed by atoms with van der Waals surface area (Å²) in [5.74, 6) is 0. The highest BCUT2D eigenvalue weighted by Crippen LogP contribution is 2.23. The Labute approximate surface area is 108 Å². The van der Waals surface area contributed by atoms with Crippen LogP contribution in [0.15, 0.2) is 23.4 Å². The summed E-state index contributed by atoms with van der Waals surface area (Å²) in [5.41, 5.74) is -0.614. The minimum absolute atomic E-state index is 0.00732. The second-order valence-corrected chi connectivity index (χ2v) is 6.71. The van der Waals surface area contributed by atoms with Crippen LogP contribution in [0.2, 0.25) is 0 Å². The van der Waals surface area contributed by atoms with Crippen LogP contribution in [0.3, 0.4) is 0 Å². The third kappa shape index (κ3) is 3.41. The Morgan fingerprint density at radius 3 is 2.61 bits per heavy atom. The number of likely N-dealkylation sites (N-methyl/N-ethyl adjacent to an activating group) is 1. The van der Waals surface area contributed by atoms with E-state index in [1.54, 1.807) is 27.0 Å². The minimum atomic E-state index is -3.67. The van der Waals surface area contributed by atoms with Crippen molar-refractivity contribution in [1.29, 1.82) is 0 Å². The number of sulfonamides is 1. The predicted octanol–water partition coefficient (Wildman–Crippen LogP) is 0.515. The predicted molar refractivity (Wildman–Crippen MR) is 69.9 cm³/mol. The van der Waals surface area contributed by atoms with E-state index < -0.39 is 15.6 Å². The van der Waals surface area contributed by atoms with E-state index in [0.29, 0.717) is 5.69 Å². The number of aromatic nitrogens is 1. The number of pyridine rings is 1. The Morgan fingerprint density at radius 2 is 2.11 bits per heavy atom. The lowest BCUT2D eigenvalue weighted by Gasteiger charge is -2.25. The largest absolute Gasteiger partial charge is 0.389 e. The zero-order valence-corrected chi connectivity index (χ0v) is 11.8. The first kappa shape index (κ1) is 14.9. The molecule has 0 aliphatic heterocycles. The van der Waals surface area contributed by atoms with Crippen molar-refractivity contribution in [1.82, 2.24) is 9.29 Å². The van der Waals surface area contributed by atoms with Gasteiger partial charge in [0.25, 0.3) is 0 Å². The molecule has 0 atom stereocenters. The van der Waals surface area contributed by atoms with Crippen molar-refractivity contribution in [2.75, 3.05) is 26.0 Å². The van der Waals surface area contributed by atoms with Gasteiger partial charge in [-0.1, -0.05) is 0 Å². The van der Waals surface area contributed by atoms with Crippen molar-refractivity contribution in [3.8, 4) is 0 Å². The van der Waals surface area contributed by atoms with Crippen LogP contribution in [0, 0.1) is 0 Å². The molecule has 1 heterocycles. The molecule has 0 fully saturated rings. The van der Waals surface area contributed by atoms with Gasteiger partial charge in [0.1, 0.15) is 4.90 Å². The maximum atomic E-state index is 12.3. The second-order valence-electron chi connectivity index (χ2n) is 4.70. The molecule has 102 valence electrons. The molecular formula is C11H19N3O3S. The number of hydrogen-bond acceptors (Lipinski definition) is 5. The van der Waals surface area contributed by atoms with E-state index in [4.69, 9.17) is 0 Å². The Bertz CT molecular complexity index is 509. The van der Waals surface area contributed by atoms with Crippen LogP contribution < -0.4 is 5.32 Å². The fourth-order valence-electron chi connectivity index (χ4n) is 1.59. The molecule has 7 heteroatoms. The third-order valence-electron chi connectivity index (χ3n) is 2.35. The highest BCUT2D eigenvalue weighted by molar-refractivity contribution is 7.89. The Kier molecular flexibility index (Phi) is 4.31. The van der Waals surface area contributed by atoms with E-state index >= 15 is 0 Å². The lowest BCUT2D eigenvalue weighted by molar-refractivity contribution is 0.0640. The van der Waals surface area contributed by atoms with Crippen molar-refractivity contribution in [2.24, 2.45) is 0 Å². The van der Waals surface area contributed by atoms with Gasteiger partial charge in [0.15, 0.2) is 0 Å². The first-order valence-corrected chi connectivity index (χ1v) is 6.93. The smallest absolute Gasteiger partial charge is 0.246 e. The normalized spacial score (nSPS) is 12.8. The molecule has 1 aromatic rings. The molecule has 0 unspecified atom stereocenters. The van der Waals surface area contributed by atoms with Gasteiger partial charge in [-0.15, -0.1) is 0 Å². The first-order chi connectivity index (χ1) is 8.18. The monoisotopic (exact) mass is 273 g/mol. The molecule has 0 radical (unpaired) electrons. The van der Waals surface area contributed by atoms with Crippen LogP contribution in [-0.2, 0) is 10.0 Å². The molecule has 0 aliphatic carbocycles. The van der Waals surface area contributed by atoms with Crippen LogP contribution in [0.5, 0.6) is 0 Å². The summed E-state index contributed by atoms with van der Waals surface area (Å²) in [6, 6.07) is 1.59. The van der Waals surface area contributed by atoms with Gasteiger partial charge in [0, 0.05) is 33.0 Å². The van der Waals surface area contributed by atoms with Crippen molar-refractivity contribution >= 4 is 15.7 Å². The summed E-state index contributed by atoms with van der Waals surface area (Å²) in [4.78, 5) is 3.93. The van der Waals surface area contributed by atoms with Gasteiger partial charge in [0.05, 0.1) is 11.3 Å². The molecule has 0 aliphatic rings. The lowest BCUT2D eigenvalue weighted by Crippen LogP contribution is -2.39. The van der Waals surface area contributed by atoms with Crippen molar-refractivity contribution in [3.05, 3.63) is 18.5 Å². The summed E-state index contributed by atoms with van der Waals surface area (Å²) in [6.45, 7) is 3.12. The fraction of sp³-hybridized carbons (Fsp3) is 0.545. The highest BCUT2D eigenvalue weighted by Gasteiger charge is 2.28. The molecule has 0 spiro atoms. The average Bonchev–Trinajstić information content (AvgIpc) is 2.26. The fourth-order valence-corrected chi connectivity index (χ4v) is 3.05. The summed E-state index contributed by atoms with van der Waals surface area (Å²) in [7, 11) is -0.593. The molecule has 0 amide bonds. The second kappa shape index (κ2) is 5.21. The summed E-state index contributed by atoms with van der Waals surface area (Å²) in [6.07, 6.45) is 2.81. The first-order valence-electron chi connectivity index (χ1n) is 5.49. The van der Waals surface area contributed by atoms with Crippen molar-refractivity contribution < 1.29 is 13.5 Å². The van der Waals surface area contributed by atoms with Gasteiger partial charge in [-0.05, 0) is 19.9 Å². The molecular weight excluding hydrogens is 254 g/mol. The van der Waals surface area contributed by atoms with E-state index in [2.05, 4.69) is 10.3 Å². The number of rotatable bonds is 5. The van der Waals surface area contributed by atoms with Gasteiger partial charge in [-0.25, -0.2) is 8.42 Å². The highest BCUT2D eigenvalue weighted by atomic mass is 32.2. The molecule has 18 heavy (non-hydrogen) atoms. The van der Waals surface area contributed by atoms with Crippen LogP contribution in [0.25, 0.3) is 0 Å². The standard InChI is InChI=1S/C11H19N3O3S/c1-11(2,15)8-14(4)18(16,17)10-7-13-6-5-9(10)12-3/h5-7,15H,8H2,1-4H3,(H,12,13). The molecule has 0 aromatic carbocycles. The zero-order chi connectivity index (χ0) is 14.0. The van der Waals surface area contributed by atoms with Crippen molar-refractivity contribution in [2.45, 2.75) is 24.3 Å². The van der Waals surface area contributed by atoms with E-state index in [-0.39, 0.29) is 11.4 Å². The SMILES string of the molecule is CNc1ccncc1S(=O)(=O)N(C)CC(C)(C)O. The van der Waals surface area contributed by atoms with Crippen LogP contribution in [0.1, 0.15) is 13.8 Å². The Hall–Kier alpha value is -1.18. The van der Waals surface area contributed by atoms with E-state index in [0.717, 1.165) is 4.31 Å². The zero-order valence-electron chi connectivity index (χ0n) is 11.0. The number of nitrogens with one attached hydrogen (secondary N) is 1. The van der Waals surface area contributed by atoms with Gasteiger partial charge < -0.3 is 10.4 Å².